The van der Waals surface area contributed by atoms with E-state index in [0.29, 0.717) is 16.6 Å². The highest BCUT2D eigenvalue weighted by Crippen LogP contribution is 2.22. The van der Waals surface area contributed by atoms with Gasteiger partial charge in [-0.1, -0.05) is 6.07 Å². The Hall–Kier alpha value is -4.01. The molecule has 30 heavy (non-hydrogen) atoms. The van der Waals surface area contributed by atoms with Crippen molar-refractivity contribution in [2.24, 2.45) is 7.05 Å². The minimum absolute atomic E-state index is 0.0600. The molecule has 1 N–H and O–H groups in total. The topological polar surface area (TPSA) is 89.8 Å². The third-order valence-electron chi connectivity index (χ3n) is 4.53. The van der Waals surface area contributed by atoms with Gasteiger partial charge in [-0.3, -0.25) is 14.6 Å². The maximum absolute atomic E-state index is 13.7. The number of hydrogen-bond donors (Lipinski definition) is 1. The Morgan fingerprint density at radius 2 is 1.93 bits per heavy atom. The van der Waals surface area contributed by atoms with Crippen molar-refractivity contribution in [3.05, 3.63) is 83.7 Å². The maximum atomic E-state index is 13.7. The SMILES string of the molecule is Cn1cc(C(=O)c2cncc(NC(=O)Cc3ccc(F)cc3F)c2)c2cncnc21. The Bertz CT molecular complexity index is 1290. The number of halogens is 2. The fourth-order valence-electron chi connectivity index (χ4n) is 3.13. The fraction of sp³-hybridized carbons (Fsp3) is 0.0952. The van der Waals surface area contributed by atoms with Crippen molar-refractivity contribution in [2.45, 2.75) is 6.42 Å². The van der Waals surface area contributed by atoms with Crippen molar-refractivity contribution < 1.29 is 18.4 Å². The summed E-state index contributed by atoms with van der Waals surface area (Å²) in [6, 6.07) is 4.50. The maximum Gasteiger partial charge on any atom is 0.228 e. The summed E-state index contributed by atoms with van der Waals surface area (Å²) in [6.45, 7) is 0. The number of ketones is 1. The van der Waals surface area contributed by atoms with Crippen molar-refractivity contribution in [3.63, 3.8) is 0 Å². The number of amides is 1. The standard InChI is InChI=1S/C21H15F2N5O2/c1-28-10-17(16-9-25-11-26-21(16)28)20(30)13-4-15(8-24-7-13)27-19(29)5-12-2-3-14(22)6-18(12)23/h2-4,6-11H,5H2,1H3,(H,27,29). The summed E-state index contributed by atoms with van der Waals surface area (Å²) in [6.07, 6.45) is 7.10. The number of fused-ring (bicyclic) bond motifs is 1. The predicted molar refractivity (Wildman–Crippen MR) is 105 cm³/mol. The average molecular weight is 407 g/mol. The smallest absolute Gasteiger partial charge is 0.228 e. The van der Waals surface area contributed by atoms with Crippen LogP contribution in [0.4, 0.5) is 14.5 Å². The molecular weight excluding hydrogens is 392 g/mol. The lowest BCUT2D eigenvalue weighted by Crippen LogP contribution is -2.16. The number of nitrogens with zero attached hydrogens (tertiary/aromatic N) is 4. The molecule has 3 heterocycles. The minimum Gasteiger partial charge on any atom is -0.335 e. The molecule has 0 saturated carbocycles. The molecule has 1 aromatic carbocycles. The lowest BCUT2D eigenvalue weighted by molar-refractivity contribution is -0.115. The van der Waals surface area contributed by atoms with Crippen LogP contribution in [0.2, 0.25) is 0 Å². The molecule has 1 amide bonds. The average Bonchev–Trinajstić information content (AvgIpc) is 3.07. The van der Waals surface area contributed by atoms with E-state index in [0.717, 1.165) is 12.1 Å². The molecular formula is C21H15F2N5O2. The van der Waals surface area contributed by atoms with E-state index < -0.39 is 17.5 Å². The number of carbonyl (C=O) groups excluding carboxylic acids is 2. The number of benzene rings is 1. The van der Waals surface area contributed by atoms with Crippen LogP contribution in [0.1, 0.15) is 21.5 Å². The van der Waals surface area contributed by atoms with Gasteiger partial charge < -0.3 is 9.88 Å². The second kappa shape index (κ2) is 7.78. The van der Waals surface area contributed by atoms with Crippen LogP contribution in [-0.2, 0) is 18.3 Å². The molecule has 0 bridgehead atoms. The molecule has 0 saturated heterocycles. The van der Waals surface area contributed by atoms with Crippen molar-refractivity contribution in [3.8, 4) is 0 Å². The lowest BCUT2D eigenvalue weighted by Gasteiger charge is -2.07. The first kappa shape index (κ1) is 19.3. The molecule has 0 fully saturated rings. The van der Waals surface area contributed by atoms with Gasteiger partial charge in [-0.25, -0.2) is 18.7 Å². The van der Waals surface area contributed by atoms with E-state index in [1.54, 1.807) is 24.0 Å². The molecule has 7 nitrogen and oxygen atoms in total. The third-order valence-corrected chi connectivity index (χ3v) is 4.53. The summed E-state index contributed by atoms with van der Waals surface area (Å²) in [4.78, 5) is 37.4. The highest BCUT2D eigenvalue weighted by atomic mass is 19.1. The summed E-state index contributed by atoms with van der Waals surface area (Å²) < 4.78 is 28.5. The molecule has 0 spiro atoms. The number of anilines is 1. The fourth-order valence-corrected chi connectivity index (χ4v) is 3.13. The Morgan fingerprint density at radius 3 is 2.73 bits per heavy atom. The van der Waals surface area contributed by atoms with Gasteiger partial charge in [-0.05, 0) is 17.7 Å². The van der Waals surface area contributed by atoms with Crippen molar-refractivity contribution >= 4 is 28.4 Å². The zero-order chi connectivity index (χ0) is 21.3. The molecule has 0 radical (unpaired) electrons. The lowest BCUT2D eigenvalue weighted by atomic mass is 10.1. The quantitative estimate of drug-likeness (QED) is 0.514. The van der Waals surface area contributed by atoms with Crippen LogP contribution >= 0.6 is 0 Å². The molecule has 0 aliphatic carbocycles. The molecule has 150 valence electrons. The highest BCUT2D eigenvalue weighted by Gasteiger charge is 2.18. The number of pyridine rings is 1. The molecule has 4 aromatic rings. The van der Waals surface area contributed by atoms with E-state index >= 15 is 0 Å². The first-order valence-electron chi connectivity index (χ1n) is 8.91. The summed E-state index contributed by atoms with van der Waals surface area (Å²) in [7, 11) is 1.77. The third kappa shape index (κ3) is 3.77. The van der Waals surface area contributed by atoms with E-state index in [9.17, 15) is 18.4 Å². The van der Waals surface area contributed by atoms with Gasteiger partial charge in [-0.2, -0.15) is 0 Å². The number of hydrogen-bond acceptors (Lipinski definition) is 5. The first-order valence-corrected chi connectivity index (χ1v) is 8.91. The van der Waals surface area contributed by atoms with Crippen LogP contribution in [0.5, 0.6) is 0 Å². The Kier molecular flexibility index (Phi) is 5.01. The Balaban J connectivity index is 1.55. The minimum atomic E-state index is -0.801. The molecule has 0 atom stereocenters. The first-order chi connectivity index (χ1) is 14.4. The second-order valence-corrected chi connectivity index (χ2v) is 6.67. The Morgan fingerprint density at radius 1 is 1.10 bits per heavy atom. The van der Waals surface area contributed by atoms with Crippen LogP contribution < -0.4 is 5.32 Å². The predicted octanol–water partition coefficient (Wildman–Crippen LogP) is 3.05. The molecule has 0 unspecified atom stereocenters. The van der Waals surface area contributed by atoms with Crippen LogP contribution in [0.3, 0.4) is 0 Å². The van der Waals surface area contributed by atoms with Gasteiger partial charge in [0.25, 0.3) is 0 Å². The number of rotatable bonds is 5. The van der Waals surface area contributed by atoms with Gasteiger partial charge in [0.15, 0.2) is 5.78 Å². The van der Waals surface area contributed by atoms with E-state index in [-0.39, 0.29) is 29.0 Å². The van der Waals surface area contributed by atoms with Gasteiger partial charge in [0.1, 0.15) is 23.6 Å². The van der Waals surface area contributed by atoms with Crippen molar-refractivity contribution in [2.75, 3.05) is 5.32 Å². The number of aryl methyl sites for hydroxylation is 1. The second-order valence-electron chi connectivity index (χ2n) is 6.67. The van der Waals surface area contributed by atoms with Gasteiger partial charge >= 0.3 is 0 Å². The summed E-state index contributed by atoms with van der Waals surface area (Å²) in [5.74, 6) is -2.34. The summed E-state index contributed by atoms with van der Waals surface area (Å²) in [5.41, 5.74) is 1.63. The normalized spacial score (nSPS) is 10.9. The summed E-state index contributed by atoms with van der Waals surface area (Å²) in [5, 5.41) is 3.18. The van der Waals surface area contributed by atoms with E-state index in [1.165, 1.54) is 30.9 Å². The van der Waals surface area contributed by atoms with Crippen molar-refractivity contribution in [1.29, 1.82) is 0 Å². The largest absolute Gasteiger partial charge is 0.335 e. The van der Waals surface area contributed by atoms with Crippen LogP contribution in [0, 0.1) is 11.6 Å². The molecule has 9 heteroatoms. The Labute approximate surface area is 169 Å². The summed E-state index contributed by atoms with van der Waals surface area (Å²) >= 11 is 0. The van der Waals surface area contributed by atoms with Crippen LogP contribution in [-0.4, -0.2) is 31.2 Å². The monoisotopic (exact) mass is 407 g/mol. The van der Waals surface area contributed by atoms with Crippen molar-refractivity contribution in [1.82, 2.24) is 19.5 Å². The van der Waals surface area contributed by atoms with Gasteiger partial charge in [0, 0.05) is 42.7 Å². The van der Waals surface area contributed by atoms with E-state index in [2.05, 4.69) is 20.3 Å². The zero-order valence-electron chi connectivity index (χ0n) is 15.8. The van der Waals surface area contributed by atoms with Gasteiger partial charge in [-0.15, -0.1) is 0 Å². The number of carbonyl (C=O) groups is 2. The molecule has 0 aliphatic heterocycles. The van der Waals surface area contributed by atoms with Crippen LogP contribution in [0.15, 0.2) is 55.4 Å². The van der Waals surface area contributed by atoms with E-state index in [4.69, 9.17) is 0 Å². The zero-order valence-corrected chi connectivity index (χ0v) is 15.8. The molecule has 3 aromatic heterocycles. The van der Waals surface area contributed by atoms with Gasteiger partial charge in [0.2, 0.25) is 5.91 Å². The van der Waals surface area contributed by atoms with Crippen LogP contribution in [0.25, 0.3) is 11.0 Å². The molecule has 0 aliphatic rings. The highest BCUT2D eigenvalue weighted by molar-refractivity contribution is 6.16. The van der Waals surface area contributed by atoms with Gasteiger partial charge in [0.05, 0.1) is 23.9 Å². The molecule has 4 rings (SSSR count). The van der Waals surface area contributed by atoms with E-state index in [1.807, 2.05) is 0 Å². The number of aromatic nitrogens is 4. The number of nitrogens with one attached hydrogen (secondary N) is 1.